The number of fused-ring (bicyclic) bond motifs is 1. The van der Waals surface area contributed by atoms with E-state index < -0.39 is 77.8 Å². The van der Waals surface area contributed by atoms with Gasteiger partial charge in [0.25, 0.3) is 0 Å². The molecule has 13 nitrogen and oxygen atoms in total. The average molecular weight is 685 g/mol. The first-order valence-corrected chi connectivity index (χ1v) is 16.1. The number of aliphatic carboxylic acids is 1. The van der Waals surface area contributed by atoms with Gasteiger partial charge in [0.05, 0.1) is 0 Å². The van der Waals surface area contributed by atoms with Crippen LogP contribution in [-0.2, 0) is 41.6 Å². The van der Waals surface area contributed by atoms with Crippen molar-refractivity contribution in [2.75, 3.05) is 12.4 Å². The molecule has 0 saturated carbocycles. The molecule has 15 heteroatoms. The van der Waals surface area contributed by atoms with Crippen LogP contribution in [0, 0.1) is 5.82 Å². The van der Waals surface area contributed by atoms with Crippen molar-refractivity contribution in [3.63, 3.8) is 0 Å². The summed E-state index contributed by atoms with van der Waals surface area (Å²) in [7, 11) is 0. The number of piperidine rings is 1. The first-order valence-electron chi connectivity index (χ1n) is 15.5. The summed E-state index contributed by atoms with van der Waals surface area (Å²) in [4.78, 5) is 81.5. The number of nitrogens with zero attached hydrogens (tertiary/aromatic N) is 1. The summed E-state index contributed by atoms with van der Waals surface area (Å²) in [6, 6.07) is 8.10. The number of primary amides is 1. The van der Waals surface area contributed by atoms with E-state index in [1.807, 2.05) is 24.3 Å². The lowest BCUT2D eigenvalue weighted by Gasteiger charge is -2.37. The number of benzene rings is 2. The fraction of sp³-hybridized carbons (Fsp3) is 0.394. The van der Waals surface area contributed by atoms with Gasteiger partial charge in [-0.05, 0) is 55.0 Å². The Morgan fingerprint density at radius 1 is 0.958 bits per heavy atom. The van der Waals surface area contributed by atoms with Gasteiger partial charge in [-0.15, -0.1) is 11.6 Å². The summed E-state index contributed by atoms with van der Waals surface area (Å²) in [6.07, 6.45) is 2.49. The van der Waals surface area contributed by atoms with Crippen LogP contribution in [0.1, 0.15) is 43.2 Å². The molecule has 48 heavy (non-hydrogen) atoms. The molecule has 3 aromatic rings. The normalized spacial score (nSPS) is 16.4. The third-order valence-corrected chi connectivity index (χ3v) is 8.48. The number of H-pyrrole nitrogens is 1. The molecular weight excluding hydrogens is 647 g/mol. The van der Waals surface area contributed by atoms with Gasteiger partial charge in [0.1, 0.15) is 35.9 Å². The fourth-order valence-corrected chi connectivity index (χ4v) is 5.85. The number of nitrogens with two attached hydrogens (primary N) is 1. The zero-order chi connectivity index (χ0) is 34.8. The number of likely N-dealkylation sites (tertiary alicyclic amines) is 1. The van der Waals surface area contributed by atoms with Crippen LogP contribution in [0.25, 0.3) is 10.9 Å². The van der Waals surface area contributed by atoms with Crippen molar-refractivity contribution in [1.29, 1.82) is 0 Å². The number of alkyl halides is 1. The van der Waals surface area contributed by atoms with Crippen LogP contribution in [0.5, 0.6) is 0 Å². The van der Waals surface area contributed by atoms with Crippen LogP contribution in [0.3, 0.4) is 0 Å². The molecule has 1 aromatic heterocycles. The number of rotatable bonds is 15. The highest BCUT2D eigenvalue weighted by Crippen LogP contribution is 2.22. The van der Waals surface area contributed by atoms with Gasteiger partial charge in [0.15, 0.2) is 0 Å². The molecule has 1 saturated heterocycles. The quantitative estimate of drug-likeness (QED) is 0.130. The number of para-hydroxylation sites is 1. The number of carbonyl (C=O) groups is 6. The Bertz CT molecular complexity index is 1650. The molecule has 2 aromatic carbocycles. The van der Waals surface area contributed by atoms with Crippen molar-refractivity contribution in [3.8, 4) is 0 Å². The Morgan fingerprint density at radius 3 is 2.38 bits per heavy atom. The minimum Gasteiger partial charge on any atom is -0.481 e. The maximum absolute atomic E-state index is 13.9. The van der Waals surface area contributed by atoms with Crippen LogP contribution in [0.2, 0.25) is 0 Å². The summed E-state index contributed by atoms with van der Waals surface area (Å²) < 4.78 is 13.5. The van der Waals surface area contributed by atoms with E-state index in [0.717, 1.165) is 10.9 Å². The molecule has 0 bridgehead atoms. The third kappa shape index (κ3) is 9.53. The van der Waals surface area contributed by atoms with Crippen molar-refractivity contribution in [3.05, 3.63) is 71.7 Å². The minimum absolute atomic E-state index is 0.0112. The van der Waals surface area contributed by atoms with Crippen molar-refractivity contribution in [2.24, 2.45) is 5.73 Å². The van der Waals surface area contributed by atoms with E-state index in [1.54, 1.807) is 6.20 Å². The zero-order valence-corrected chi connectivity index (χ0v) is 26.8. The van der Waals surface area contributed by atoms with E-state index in [9.17, 15) is 38.3 Å². The van der Waals surface area contributed by atoms with Crippen molar-refractivity contribution in [1.82, 2.24) is 25.8 Å². The Morgan fingerprint density at radius 2 is 1.69 bits per heavy atom. The van der Waals surface area contributed by atoms with E-state index in [-0.39, 0.29) is 32.2 Å². The van der Waals surface area contributed by atoms with E-state index in [4.69, 9.17) is 17.3 Å². The lowest BCUT2D eigenvalue weighted by atomic mass is 9.97. The summed E-state index contributed by atoms with van der Waals surface area (Å²) in [5.41, 5.74) is 7.68. The summed E-state index contributed by atoms with van der Waals surface area (Å²) >= 11 is 5.62. The maximum atomic E-state index is 13.9. The van der Waals surface area contributed by atoms with Crippen LogP contribution in [-0.4, -0.2) is 87.1 Å². The minimum atomic E-state index is -1.23. The van der Waals surface area contributed by atoms with Crippen LogP contribution >= 0.6 is 11.6 Å². The number of halogens is 2. The predicted molar refractivity (Wildman–Crippen MR) is 174 cm³/mol. The van der Waals surface area contributed by atoms with Crippen LogP contribution in [0.4, 0.5) is 4.39 Å². The number of carbonyl (C=O) groups excluding carboxylic acids is 5. The highest BCUT2D eigenvalue weighted by atomic mass is 35.5. The van der Waals surface area contributed by atoms with Gasteiger partial charge in [-0.1, -0.05) is 30.3 Å². The first kappa shape index (κ1) is 35.9. The number of aromatic nitrogens is 1. The third-order valence-electron chi connectivity index (χ3n) is 8.24. The van der Waals surface area contributed by atoms with Crippen molar-refractivity contribution >= 4 is 58.0 Å². The topological polar surface area (TPSA) is 204 Å². The molecule has 7 N–H and O–H groups in total. The number of carboxylic acid groups (broad SMARTS) is 1. The van der Waals surface area contributed by atoms with E-state index >= 15 is 0 Å². The van der Waals surface area contributed by atoms with Crippen LogP contribution in [0.15, 0.2) is 54.7 Å². The molecular formula is C33H38ClFN6O7. The number of aromatic amines is 1. The largest absolute Gasteiger partial charge is 0.481 e. The smallest absolute Gasteiger partial charge is 0.303 e. The van der Waals surface area contributed by atoms with Gasteiger partial charge in [0, 0.05) is 42.9 Å². The lowest BCUT2D eigenvalue weighted by Crippen LogP contribution is -2.60. The van der Waals surface area contributed by atoms with Gasteiger partial charge in [0.2, 0.25) is 29.5 Å². The zero-order valence-electron chi connectivity index (χ0n) is 26.0. The first-order chi connectivity index (χ1) is 23.0. The number of hydrogen-bond acceptors (Lipinski definition) is 6. The molecule has 1 fully saturated rings. The fourth-order valence-electron chi connectivity index (χ4n) is 5.78. The van der Waals surface area contributed by atoms with E-state index in [0.29, 0.717) is 24.0 Å². The monoisotopic (exact) mass is 684 g/mol. The Labute approximate surface area is 280 Å². The molecule has 256 valence electrons. The Balaban J connectivity index is 1.58. The highest BCUT2D eigenvalue weighted by Gasteiger charge is 2.38. The van der Waals surface area contributed by atoms with Gasteiger partial charge in [-0.25, -0.2) is 4.39 Å². The van der Waals surface area contributed by atoms with E-state index in [2.05, 4.69) is 20.9 Å². The second-order valence-electron chi connectivity index (χ2n) is 11.6. The maximum Gasteiger partial charge on any atom is 0.303 e. The molecule has 2 heterocycles. The summed E-state index contributed by atoms with van der Waals surface area (Å²) in [5, 5.41) is 17.8. The Kier molecular flexibility index (Phi) is 12.5. The van der Waals surface area contributed by atoms with E-state index in [1.165, 1.54) is 29.2 Å². The van der Waals surface area contributed by atoms with Gasteiger partial charge < -0.3 is 36.7 Å². The van der Waals surface area contributed by atoms with Crippen LogP contribution < -0.4 is 21.7 Å². The summed E-state index contributed by atoms with van der Waals surface area (Å²) in [6.45, 7) is 0.165. The molecule has 3 unspecified atom stereocenters. The standard InChI is InChI=1S/C33H38ClFN6O7/c34-17-28(42)38-24(12-13-29(43)44)33(48)41-14-4-3-7-27(41)32(47)40-26(16-20-18-37-23-6-2-1-5-22(20)23)31(46)39-25(30(36)45)15-19-8-10-21(35)11-9-19/h1-2,5-6,8-11,18,24-27,37H,3-4,7,12-17H2,(H2,36,45)(H,38,42)(H,39,46)(H,40,47)(H,43,44)/t24?,25?,26?,27-/m0/s1. The molecule has 0 radical (unpaired) electrons. The SMILES string of the molecule is NC(=O)C(Cc1ccc(F)cc1)NC(=O)C(Cc1c[nH]c2ccccc12)NC(=O)[C@@H]1CCCCN1C(=O)C(CCC(=O)O)NC(=O)CCl. The van der Waals surface area contributed by atoms with Crippen molar-refractivity contribution < 1.29 is 38.3 Å². The molecule has 1 aliphatic rings. The molecule has 0 aliphatic carbocycles. The second-order valence-corrected chi connectivity index (χ2v) is 11.9. The van der Waals surface area contributed by atoms with Crippen molar-refractivity contribution in [2.45, 2.75) is 69.1 Å². The molecule has 1 aliphatic heterocycles. The molecule has 5 amide bonds. The highest BCUT2D eigenvalue weighted by molar-refractivity contribution is 6.27. The average Bonchev–Trinajstić information content (AvgIpc) is 3.48. The second kappa shape index (κ2) is 16.7. The van der Waals surface area contributed by atoms with Gasteiger partial charge in [-0.2, -0.15) is 0 Å². The Hall–Kier alpha value is -4.98. The predicted octanol–water partition coefficient (Wildman–Crippen LogP) is 1.52. The van der Waals surface area contributed by atoms with Gasteiger partial charge in [-0.3, -0.25) is 28.8 Å². The lowest BCUT2D eigenvalue weighted by molar-refractivity contribution is -0.146. The molecule has 4 atom stereocenters. The molecule has 0 spiro atoms. The number of carboxylic acids is 1. The number of amides is 5. The van der Waals surface area contributed by atoms with Gasteiger partial charge >= 0.3 is 5.97 Å². The number of hydrogen-bond donors (Lipinski definition) is 6. The number of nitrogens with one attached hydrogen (secondary N) is 4. The summed E-state index contributed by atoms with van der Waals surface area (Å²) in [5.74, 6) is -5.57. The molecule has 4 rings (SSSR count).